The van der Waals surface area contributed by atoms with Crippen LogP contribution in [0.4, 0.5) is 0 Å². The summed E-state index contributed by atoms with van der Waals surface area (Å²) < 4.78 is 0. The van der Waals surface area contributed by atoms with Gasteiger partial charge in [-0.3, -0.25) is 4.79 Å². The van der Waals surface area contributed by atoms with Crippen LogP contribution in [0.5, 0.6) is 0 Å². The van der Waals surface area contributed by atoms with E-state index in [2.05, 4.69) is 23.0 Å². The molecule has 1 aliphatic heterocycles. The fourth-order valence-corrected chi connectivity index (χ4v) is 3.37. The monoisotopic (exact) mass is 289 g/mol. The van der Waals surface area contributed by atoms with Crippen LogP contribution in [0.3, 0.4) is 0 Å². The predicted molar refractivity (Wildman–Crippen MR) is 82.0 cm³/mol. The zero-order valence-electron chi connectivity index (χ0n) is 11.7. The van der Waals surface area contributed by atoms with Crippen LogP contribution in [0.25, 0.3) is 11.0 Å². The Balaban J connectivity index is 1.64. The first kappa shape index (κ1) is 13.5. The number of aromatic amines is 1. The van der Waals surface area contributed by atoms with Crippen LogP contribution >= 0.6 is 11.8 Å². The van der Waals surface area contributed by atoms with E-state index in [1.165, 1.54) is 18.2 Å². The van der Waals surface area contributed by atoms with E-state index < -0.39 is 0 Å². The topological polar surface area (TPSA) is 49.0 Å². The van der Waals surface area contributed by atoms with Crippen LogP contribution in [-0.2, 0) is 4.79 Å². The van der Waals surface area contributed by atoms with Crippen molar-refractivity contribution in [2.24, 2.45) is 0 Å². The molecule has 1 amide bonds. The summed E-state index contributed by atoms with van der Waals surface area (Å²) in [4.78, 5) is 21.9. The number of amides is 1. The van der Waals surface area contributed by atoms with Crippen LogP contribution in [0.15, 0.2) is 23.4 Å². The minimum atomic E-state index is 0.229. The maximum atomic E-state index is 12.1. The molecule has 5 heteroatoms. The molecule has 0 saturated carbocycles. The van der Waals surface area contributed by atoms with E-state index in [0.29, 0.717) is 5.75 Å². The summed E-state index contributed by atoms with van der Waals surface area (Å²) in [7, 11) is 0. The fourth-order valence-electron chi connectivity index (χ4n) is 2.59. The lowest BCUT2D eigenvalue weighted by atomic mass is 10.1. The van der Waals surface area contributed by atoms with Crippen molar-refractivity contribution in [1.82, 2.24) is 14.9 Å². The quantitative estimate of drug-likeness (QED) is 0.884. The number of fused-ring (bicyclic) bond motifs is 1. The lowest BCUT2D eigenvalue weighted by Gasteiger charge is -2.26. The van der Waals surface area contributed by atoms with Gasteiger partial charge in [0.25, 0.3) is 0 Å². The summed E-state index contributed by atoms with van der Waals surface area (Å²) in [6, 6.07) is 6.09. The molecular formula is C15H19N3OS. The van der Waals surface area contributed by atoms with Gasteiger partial charge >= 0.3 is 0 Å². The molecule has 1 N–H and O–H groups in total. The summed E-state index contributed by atoms with van der Waals surface area (Å²) in [6.07, 6.45) is 3.53. The van der Waals surface area contributed by atoms with E-state index in [4.69, 9.17) is 0 Å². The van der Waals surface area contributed by atoms with Crippen molar-refractivity contribution in [3.63, 3.8) is 0 Å². The molecule has 3 rings (SSSR count). The van der Waals surface area contributed by atoms with Crippen LogP contribution in [0.1, 0.15) is 24.8 Å². The molecule has 2 heterocycles. The highest BCUT2D eigenvalue weighted by molar-refractivity contribution is 7.99. The number of imidazole rings is 1. The molecule has 1 aromatic heterocycles. The maximum Gasteiger partial charge on any atom is 0.233 e. The van der Waals surface area contributed by atoms with Crippen molar-refractivity contribution >= 4 is 28.7 Å². The van der Waals surface area contributed by atoms with Gasteiger partial charge in [-0.25, -0.2) is 4.98 Å². The first-order chi connectivity index (χ1) is 9.74. The number of H-pyrrole nitrogens is 1. The average molecular weight is 289 g/mol. The molecule has 1 fully saturated rings. The zero-order valence-corrected chi connectivity index (χ0v) is 12.5. The van der Waals surface area contributed by atoms with E-state index in [1.807, 2.05) is 17.0 Å². The molecule has 0 spiro atoms. The Labute approximate surface area is 123 Å². The molecule has 0 unspecified atom stereocenters. The van der Waals surface area contributed by atoms with Gasteiger partial charge in [0.1, 0.15) is 0 Å². The van der Waals surface area contributed by atoms with Gasteiger partial charge in [0.15, 0.2) is 5.16 Å². The standard InChI is InChI=1S/C15H19N3OS/c1-11-6-5-7-12-14(11)17-15(16-12)20-10-13(19)18-8-3-2-4-9-18/h5-7H,2-4,8-10H2,1H3,(H,16,17). The predicted octanol–water partition coefficient (Wildman–Crippen LogP) is 2.98. The Bertz CT molecular complexity index is 617. The number of carbonyl (C=O) groups excluding carboxylic acids is 1. The number of nitrogens with one attached hydrogen (secondary N) is 1. The van der Waals surface area contributed by atoms with E-state index in [-0.39, 0.29) is 5.91 Å². The van der Waals surface area contributed by atoms with Crippen LogP contribution in [0, 0.1) is 6.92 Å². The molecule has 1 aromatic carbocycles. The number of thioether (sulfide) groups is 1. The molecule has 2 aromatic rings. The van der Waals surface area contributed by atoms with Gasteiger partial charge in [-0.05, 0) is 37.8 Å². The Hall–Kier alpha value is -1.49. The first-order valence-corrected chi connectivity index (χ1v) is 8.08. The third-order valence-electron chi connectivity index (χ3n) is 3.73. The number of piperidine rings is 1. The molecular weight excluding hydrogens is 270 g/mol. The van der Waals surface area contributed by atoms with Gasteiger partial charge in [-0.2, -0.15) is 0 Å². The number of aromatic nitrogens is 2. The number of likely N-dealkylation sites (tertiary alicyclic amines) is 1. The molecule has 20 heavy (non-hydrogen) atoms. The highest BCUT2D eigenvalue weighted by atomic mass is 32.2. The molecule has 0 atom stereocenters. The number of hydrogen-bond donors (Lipinski definition) is 1. The van der Waals surface area contributed by atoms with Crippen molar-refractivity contribution in [3.8, 4) is 0 Å². The third kappa shape index (κ3) is 2.82. The number of hydrogen-bond acceptors (Lipinski definition) is 3. The number of carbonyl (C=O) groups is 1. The molecule has 0 bridgehead atoms. The molecule has 0 radical (unpaired) electrons. The van der Waals surface area contributed by atoms with Gasteiger partial charge in [-0.15, -0.1) is 0 Å². The number of para-hydroxylation sites is 1. The SMILES string of the molecule is Cc1cccc2[nH]c(SCC(=O)N3CCCCC3)nc12. The van der Waals surface area contributed by atoms with Crippen molar-refractivity contribution in [2.75, 3.05) is 18.8 Å². The Morgan fingerprint density at radius 2 is 2.15 bits per heavy atom. The fraction of sp³-hybridized carbons (Fsp3) is 0.467. The molecule has 106 valence electrons. The minimum absolute atomic E-state index is 0.229. The number of benzene rings is 1. The van der Waals surface area contributed by atoms with Gasteiger partial charge in [0, 0.05) is 13.1 Å². The van der Waals surface area contributed by atoms with Crippen LogP contribution in [-0.4, -0.2) is 39.6 Å². The van der Waals surface area contributed by atoms with Gasteiger partial charge in [-0.1, -0.05) is 23.9 Å². The summed E-state index contributed by atoms with van der Waals surface area (Å²) in [5.74, 6) is 0.700. The molecule has 1 saturated heterocycles. The summed E-state index contributed by atoms with van der Waals surface area (Å²) >= 11 is 1.50. The minimum Gasteiger partial charge on any atom is -0.342 e. The largest absolute Gasteiger partial charge is 0.342 e. The molecule has 1 aliphatic rings. The van der Waals surface area contributed by atoms with Crippen molar-refractivity contribution in [3.05, 3.63) is 23.8 Å². The van der Waals surface area contributed by atoms with Gasteiger partial charge < -0.3 is 9.88 Å². The zero-order chi connectivity index (χ0) is 13.9. The maximum absolute atomic E-state index is 12.1. The highest BCUT2D eigenvalue weighted by Crippen LogP contribution is 2.22. The summed E-state index contributed by atoms with van der Waals surface area (Å²) in [5, 5.41) is 0.833. The second-order valence-corrected chi connectivity index (χ2v) is 6.21. The normalized spacial score (nSPS) is 15.8. The smallest absolute Gasteiger partial charge is 0.233 e. The summed E-state index contributed by atoms with van der Waals surface area (Å²) in [6.45, 7) is 3.88. The second kappa shape index (κ2) is 5.87. The number of rotatable bonds is 3. The van der Waals surface area contributed by atoms with Gasteiger partial charge in [0.2, 0.25) is 5.91 Å². The van der Waals surface area contributed by atoms with E-state index in [9.17, 15) is 4.79 Å². The van der Waals surface area contributed by atoms with Crippen molar-refractivity contribution < 1.29 is 4.79 Å². The van der Waals surface area contributed by atoms with E-state index in [1.54, 1.807) is 0 Å². The highest BCUT2D eigenvalue weighted by Gasteiger charge is 2.17. The average Bonchev–Trinajstić information content (AvgIpc) is 2.90. The number of nitrogens with zero attached hydrogens (tertiary/aromatic N) is 2. The molecule has 0 aliphatic carbocycles. The van der Waals surface area contributed by atoms with Crippen LogP contribution < -0.4 is 0 Å². The Kier molecular flexibility index (Phi) is 3.96. The van der Waals surface area contributed by atoms with E-state index in [0.717, 1.165) is 47.7 Å². The Morgan fingerprint density at radius 1 is 1.35 bits per heavy atom. The van der Waals surface area contributed by atoms with Gasteiger partial charge in [0.05, 0.1) is 16.8 Å². The first-order valence-electron chi connectivity index (χ1n) is 7.10. The summed E-state index contributed by atoms with van der Waals surface area (Å²) in [5.41, 5.74) is 3.20. The van der Waals surface area contributed by atoms with E-state index >= 15 is 0 Å². The number of aryl methyl sites for hydroxylation is 1. The van der Waals surface area contributed by atoms with Crippen LogP contribution in [0.2, 0.25) is 0 Å². The lowest BCUT2D eigenvalue weighted by molar-refractivity contribution is -0.129. The van der Waals surface area contributed by atoms with Crippen molar-refractivity contribution in [2.45, 2.75) is 31.3 Å². The molecule has 4 nitrogen and oxygen atoms in total. The van der Waals surface area contributed by atoms with Crippen molar-refractivity contribution in [1.29, 1.82) is 0 Å². The second-order valence-electron chi connectivity index (χ2n) is 5.24. The Morgan fingerprint density at radius 3 is 2.90 bits per heavy atom. The third-order valence-corrected chi connectivity index (χ3v) is 4.59. The lowest BCUT2D eigenvalue weighted by Crippen LogP contribution is -2.36.